The molecule has 8 nitrogen and oxygen atoms in total. The predicted molar refractivity (Wildman–Crippen MR) is 133 cm³/mol. The Kier molecular flexibility index (Phi) is 6.46. The van der Waals surface area contributed by atoms with Crippen LogP contribution in [0.3, 0.4) is 0 Å². The molecule has 186 valence electrons. The van der Waals surface area contributed by atoms with Crippen molar-refractivity contribution in [2.45, 2.75) is 19.0 Å². The molecule has 1 aliphatic heterocycles. The number of phenolic OH excluding ortho intramolecular Hbond substituents is 1. The summed E-state index contributed by atoms with van der Waals surface area (Å²) in [5.41, 5.74) is 2.21. The van der Waals surface area contributed by atoms with Gasteiger partial charge in [0.05, 0.1) is 24.0 Å². The Morgan fingerprint density at radius 1 is 1.05 bits per heavy atom. The Balaban J connectivity index is 1.42. The van der Waals surface area contributed by atoms with Gasteiger partial charge in [-0.25, -0.2) is 18.6 Å². The molecule has 0 bridgehead atoms. The second-order valence-electron chi connectivity index (χ2n) is 8.47. The summed E-state index contributed by atoms with van der Waals surface area (Å²) in [5.74, 6) is -1.96. The third kappa shape index (κ3) is 5.08. The van der Waals surface area contributed by atoms with Gasteiger partial charge in [0.25, 0.3) is 5.56 Å². The van der Waals surface area contributed by atoms with E-state index in [4.69, 9.17) is 0 Å². The van der Waals surface area contributed by atoms with Gasteiger partial charge in [-0.3, -0.25) is 9.78 Å². The molecule has 2 aromatic carbocycles. The Bertz CT molecular complexity index is 1560. The molecule has 0 aliphatic carbocycles. The van der Waals surface area contributed by atoms with E-state index in [9.17, 15) is 23.5 Å². The van der Waals surface area contributed by atoms with Gasteiger partial charge in [0.2, 0.25) is 0 Å². The minimum absolute atomic E-state index is 0.0206. The quantitative estimate of drug-likeness (QED) is 0.416. The number of halogens is 2. The molecular formula is C27H21F2N5O3. The third-order valence-electron chi connectivity index (χ3n) is 5.98. The number of hydrogen-bond donors (Lipinski definition) is 2. The van der Waals surface area contributed by atoms with Crippen molar-refractivity contribution in [3.05, 3.63) is 124 Å². The number of benzene rings is 2. The van der Waals surface area contributed by atoms with Crippen molar-refractivity contribution in [2.75, 3.05) is 5.32 Å². The number of rotatable bonds is 5. The number of aromatic nitrogens is 2. The Labute approximate surface area is 210 Å². The molecule has 0 spiro atoms. The fourth-order valence-electron chi connectivity index (χ4n) is 4.16. The Hall–Kier alpha value is -4.86. The van der Waals surface area contributed by atoms with Crippen LogP contribution in [0.1, 0.15) is 29.2 Å². The Morgan fingerprint density at radius 2 is 1.89 bits per heavy atom. The summed E-state index contributed by atoms with van der Waals surface area (Å²) in [5, 5.41) is 19.0. The topological polar surface area (TPSA) is 99.8 Å². The number of carbonyl (C=O) groups excluding carboxylic acids is 1. The van der Waals surface area contributed by atoms with Crippen molar-refractivity contribution in [1.82, 2.24) is 14.6 Å². The zero-order valence-corrected chi connectivity index (χ0v) is 19.4. The number of carbonyl (C=O) groups is 1. The number of aromatic hydroxyl groups is 1. The van der Waals surface area contributed by atoms with Crippen LogP contribution in [0.2, 0.25) is 0 Å². The third-order valence-corrected chi connectivity index (χ3v) is 5.98. The smallest absolute Gasteiger partial charge is 0.342 e. The fourth-order valence-corrected chi connectivity index (χ4v) is 4.16. The lowest BCUT2D eigenvalue weighted by Gasteiger charge is -2.23. The number of hydrazone groups is 1. The first-order valence-corrected chi connectivity index (χ1v) is 11.4. The molecule has 10 heteroatoms. The van der Waals surface area contributed by atoms with E-state index in [1.807, 2.05) is 6.07 Å². The number of amides is 2. The van der Waals surface area contributed by atoms with Crippen molar-refractivity contribution in [1.29, 1.82) is 0 Å². The molecule has 4 aromatic rings. The van der Waals surface area contributed by atoms with Crippen LogP contribution in [-0.2, 0) is 6.54 Å². The lowest BCUT2D eigenvalue weighted by atomic mass is 9.98. The van der Waals surface area contributed by atoms with E-state index in [1.54, 1.807) is 42.7 Å². The van der Waals surface area contributed by atoms with Crippen molar-refractivity contribution in [3.8, 4) is 5.75 Å². The van der Waals surface area contributed by atoms with Gasteiger partial charge >= 0.3 is 6.03 Å². The van der Waals surface area contributed by atoms with Crippen LogP contribution >= 0.6 is 0 Å². The van der Waals surface area contributed by atoms with Crippen LogP contribution in [-0.4, -0.2) is 31.4 Å². The molecule has 0 fully saturated rings. The summed E-state index contributed by atoms with van der Waals surface area (Å²) in [6, 6.07) is 15.3. The van der Waals surface area contributed by atoms with Crippen LogP contribution in [0.15, 0.2) is 95.2 Å². The maximum atomic E-state index is 13.6. The highest BCUT2D eigenvalue weighted by molar-refractivity contribution is 6.03. The molecule has 2 amide bonds. The molecule has 3 heterocycles. The summed E-state index contributed by atoms with van der Waals surface area (Å²) < 4.78 is 28.1. The van der Waals surface area contributed by atoms with Crippen LogP contribution in [0.5, 0.6) is 5.75 Å². The first-order chi connectivity index (χ1) is 17.9. The van der Waals surface area contributed by atoms with E-state index in [0.29, 0.717) is 28.9 Å². The molecule has 0 saturated heterocycles. The van der Waals surface area contributed by atoms with Crippen LogP contribution < -0.4 is 10.9 Å². The maximum absolute atomic E-state index is 13.6. The summed E-state index contributed by atoms with van der Waals surface area (Å²) in [7, 11) is 0. The molecule has 1 aliphatic rings. The van der Waals surface area contributed by atoms with E-state index in [0.717, 1.165) is 17.7 Å². The normalized spacial score (nSPS) is 14.9. The zero-order chi connectivity index (χ0) is 25.9. The van der Waals surface area contributed by atoms with E-state index in [-0.39, 0.29) is 17.9 Å². The van der Waals surface area contributed by atoms with Crippen molar-refractivity contribution in [3.63, 3.8) is 0 Å². The van der Waals surface area contributed by atoms with E-state index >= 15 is 0 Å². The molecule has 2 N–H and O–H groups in total. The number of hydrogen-bond acceptors (Lipinski definition) is 5. The number of para-hydroxylation sites is 1. The molecule has 1 atom stereocenters. The number of anilines is 1. The summed E-state index contributed by atoms with van der Waals surface area (Å²) >= 11 is 0. The van der Waals surface area contributed by atoms with Crippen molar-refractivity contribution < 1.29 is 18.7 Å². The minimum Gasteiger partial charge on any atom is -0.508 e. The zero-order valence-electron chi connectivity index (χ0n) is 19.4. The fraction of sp³-hybridized carbons (Fsp3) is 0.111. The SMILES string of the molecule is O=C(Nc1ccc(=O)n(Cc2ccc(F)c(F)c2)c1)N1N=C(c2cccnc2)CC1c1ccccc1O. The largest absolute Gasteiger partial charge is 0.508 e. The number of pyridine rings is 2. The van der Waals surface area contributed by atoms with Crippen LogP contribution in [0.25, 0.3) is 0 Å². The molecule has 0 radical (unpaired) electrons. The minimum atomic E-state index is -1.01. The average molecular weight is 501 g/mol. The maximum Gasteiger partial charge on any atom is 0.342 e. The van der Waals surface area contributed by atoms with E-state index in [1.165, 1.54) is 34.0 Å². The second-order valence-corrected chi connectivity index (χ2v) is 8.47. The number of nitrogens with one attached hydrogen (secondary N) is 1. The van der Waals surface area contributed by atoms with Crippen LogP contribution in [0, 0.1) is 11.6 Å². The van der Waals surface area contributed by atoms with Gasteiger partial charge in [-0.1, -0.05) is 30.3 Å². The van der Waals surface area contributed by atoms with Crippen molar-refractivity contribution >= 4 is 17.4 Å². The van der Waals surface area contributed by atoms with Gasteiger partial charge < -0.3 is 15.0 Å². The summed E-state index contributed by atoms with van der Waals surface area (Å²) in [6.07, 6.45) is 5.06. The van der Waals surface area contributed by atoms with Gasteiger partial charge in [0.1, 0.15) is 5.75 Å². The number of urea groups is 1. The van der Waals surface area contributed by atoms with E-state index < -0.39 is 23.7 Å². The second kappa shape index (κ2) is 10.0. The highest BCUT2D eigenvalue weighted by Crippen LogP contribution is 2.37. The van der Waals surface area contributed by atoms with Gasteiger partial charge in [0.15, 0.2) is 11.6 Å². The molecule has 5 rings (SSSR count). The summed E-state index contributed by atoms with van der Waals surface area (Å²) in [6.45, 7) is -0.0206. The lowest BCUT2D eigenvalue weighted by molar-refractivity contribution is 0.199. The molecular weight excluding hydrogens is 480 g/mol. The predicted octanol–water partition coefficient (Wildman–Crippen LogP) is 4.66. The molecule has 1 unspecified atom stereocenters. The van der Waals surface area contributed by atoms with E-state index in [2.05, 4.69) is 15.4 Å². The molecule has 37 heavy (non-hydrogen) atoms. The first-order valence-electron chi connectivity index (χ1n) is 11.4. The van der Waals surface area contributed by atoms with Crippen molar-refractivity contribution in [2.24, 2.45) is 5.10 Å². The van der Waals surface area contributed by atoms with Gasteiger partial charge in [-0.15, -0.1) is 0 Å². The summed E-state index contributed by atoms with van der Waals surface area (Å²) in [4.78, 5) is 29.8. The number of phenols is 1. The van der Waals surface area contributed by atoms with Gasteiger partial charge in [-0.05, 0) is 35.9 Å². The highest BCUT2D eigenvalue weighted by atomic mass is 19.2. The number of nitrogens with zero attached hydrogens (tertiary/aromatic N) is 4. The highest BCUT2D eigenvalue weighted by Gasteiger charge is 2.34. The standard InChI is InChI=1S/C27H21F2N5O3/c28-21-9-7-17(12-22(21)29)15-33-16-19(8-10-26(33)36)31-27(37)34-24(20-5-1-2-6-25(20)35)13-23(32-34)18-4-3-11-30-14-18/h1-12,14,16,24,35H,13,15H2,(H,31,37). The van der Waals surface area contributed by atoms with Crippen LogP contribution in [0.4, 0.5) is 19.3 Å². The molecule has 2 aromatic heterocycles. The molecule has 0 saturated carbocycles. The lowest BCUT2D eigenvalue weighted by Crippen LogP contribution is -2.32. The average Bonchev–Trinajstić information content (AvgIpc) is 3.34. The van der Waals surface area contributed by atoms with Gasteiger partial charge in [-0.2, -0.15) is 5.10 Å². The van der Waals surface area contributed by atoms with Gasteiger partial charge in [0, 0.05) is 42.2 Å². The Morgan fingerprint density at radius 3 is 2.65 bits per heavy atom. The first kappa shape index (κ1) is 23.9. The monoisotopic (exact) mass is 501 g/mol.